The summed E-state index contributed by atoms with van der Waals surface area (Å²) in [5.74, 6) is -0.215. The molecule has 0 saturated carbocycles. The average molecular weight is 363 g/mol. The second-order valence-corrected chi connectivity index (χ2v) is 8.93. The van der Waals surface area contributed by atoms with Gasteiger partial charge in [0.15, 0.2) is 0 Å². The molecule has 0 unspecified atom stereocenters. The fraction of sp³-hybridized carbons (Fsp3) is 0.136. The van der Waals surface area contributed by atoms with E-state index in [1.165, 1.54) is 0 Å². The number of hydrogen-bond acceptors (Lipinski definition) is 3. The first-order chi connectivity index (χ1) is 12.7. The lowest BCUT2D eigenvalue weighted by Crippen LogP contribution is -2.24. The third kappa shape index (κ3) is 4.12. The number of ether oxygens (including phenoxy) is 1. The molecule has 0 amide bonds. The largest absolute Gasteiger partial charge is 0.466 e. The lowest BCUT2D eigenvalue weighted by atomic mass is 10.3. The topological polar surface area (TPSA) is 38.7 Å². The van der Waals surface area contributed by atoms with Crippen molar-refractivity contribution in [3.63, 3.8) is 0 Å². The molecule has 3 aromatic carbocycles. The van der Waals surface area contributed by atoms with E-state index in [2.05, 4.69) is 24.3 Å². The zero-order valence-electron chi connectivity index (χ0n) is 14.8. The van der Waals surface area contributed by atoms with Crippen molar-refractivity contribution in [3.8, 4) is 0 Å². The van der Waals surface area contributed by atoms with E-state index in [1.54, 1.807) is 0 Å². The SMILES string of the molecule is CCOC(=O)CP(=Nc1ccccc1)(c1ccccc1)c1ccccc1. The number of carbonyl (C=O) groups is 1. The van der Waals surface area contributed by atoms with E-state index >= 15 is 0 Å². The molecule has 3 rings (SSSR count). The summed E-state index contributed by atoms with van der Waals surface area (Å²) in [5.41, 5.74) is 0.873. The third-order valence-corrected chi connectivity index (χ3v) is 7.67. The van der Waals surface area contributed by atoms with Crippen molar-refractivity contribution in [2.45, 2.75) is 6.92 Å². The Labute approximate surface area is 154 Å². The molecule has 0 fully saturated rings. The molecule has 0 atom stereocenters. The standard InChI is InChI=1S/C22H22NO2P/c1-2-25-22(24)18-26(20-14-8-4-9-15-20,21-16-10-5-11-17-21)23-19-12-6-3-7-13-19/h3-17H,2,18H2,1H3. The van der Waals surface area contributed by atoms with Crippen molar-refractivity contribution in [2.24, 2.45) is 4.74 Å². The van der Waals surface area contributed by atoms with Gasteiger partial charge in [0.1, 0.15) is 0 Å². The van der Waals surface area contributed by atoms with Crippen LogP contribution in [0.25, 0.3) is 0 Å². The lowest BCUT2D eigenvalue weighted by Gasteiger charge is -2.25. The van der Waals surface area contributed by atoms with Crippen LogP contribution in [0.5, 0.6) is 0 Å². The molecule has 0 aliphatic carbocycles. The minimum absolute atomic E-state index is 0.215. The molecule has 0 aliphatic rings. The maximum Gasteiger partial charge on any atom is 0.312 e. The molecule has 0 saturated heterocycles. The molecule has 0 aromatic heterocycles. The van der Waals surface area contributed by atoms with E-state index in [9.17, 15) is 4.79 Å². The van der Waals surface area contributed by atoms with Gasteiger partial charge in [-0.25, -0.2) is 0 Å². The molecule has 4 heteroatoms. The summed E-state index contributed by atoms with van der Waals surface area (Å²) in [4.78, 5) is 12.5. The Hall–Kier alpha value is -2.64. The molecule has 0 radical (unpaired) electrons. The Morgan fingerprint density at radius 1 is 0.808 bits per heavy atom. The molecule has 3 aromatic rings. The van der Waals surface area contributed by atoms with E-state index in [-0.39, 0.29) is 12.1 Å². The summed E-state index contributed by atoms with van der Waals surface area (Å²) in [5, 5.41) is 2.14. The third-order valence-electron chi connectivity index (χ3n) is 4.07. The first kappa shape index (κ1) is 18.2. The quantitative estimate of drug-likeness (QED) is 0.469. The highest BCUT2D eigenvalue weighted by Crippen LogP contribution is 2.50. The second kappa shape index (κ2) is 8.64. The Morgan fingerprint density at radius 2 is 1.27 bits per heavy atom. The van der Waals surface area contributed by atoms with Crippen molar-refractivity contribution in [1.29, 1.82) is 0 Å². The Morgan fingerprint density at radius 3 is 1.73 bits per heavy atom. The minimum Gasteiger partial charge on any atom is -0.466 e. The molecular formula is C22H22NO2P. The fourth-order valence-electron chi connectivity index (χ4n) is 2.92. The summed E-state index contributed by atoms with van der Waals surface area (Å²) in [7, 11) is -2.36. The zero-order valence-corrected chi connectivity index (χ0v) is 15.7. The molecule has 26 heavy (non-hydrogen) atoms. The first-order valence-electron chi connectivity index (χ1n) is 8.68. The fourth-order valence-corrected chi connectivity index (χ4v) is 6.21. The van der Waals surface area contributed by atoms with Crippen molar-refractivity contribution < 1.29 is 9.53 Å². The summed E-state index contributed by atoms with van der Waals surface area (Å²) in [6.45, 7) is 2.20. The number of hydrogen-bond donors (Lipinski definition) is 0. The van der Waals surface area contributed by atoms with Crippen molar-refractivity contribution in [2.75, 3.05) is 12.8 Å². The van der Waals surface area contributed by atoms with Crippen molar-refractivity contribution >= 4 is 29.3 Å². The van der Waals surface area contributed by atoms with Crippen LogP contribution in [0.4, 0.5) is 5.69 Å². The summed E-state index contributed by atoms with van der Waals surface area (Å²) < 4.78 is 10.5. The van der Waals surface area contributed by atoms with E-state index in [4.69, 9.17) is 9.48 Å². The molecule has 0 N–H and O–H groups in total. The van der Waals surface area contributed by atoms with E-state index in [0.29, 0.717) is 6.61 Å². The summed E-state index contributed by atoms with van der Waals surface area (Å²) >= 11 is 0. The zero-order chi connectivity index (χ0) is 18.2. The van der Waals surface area contributed by atoms with Crippen LogP contribution in [0.15, 0.2) is 95.7 Å². The van der Waals surface area contributed by atoms with Crippen LogP contribution in [-0.2, 0) is 9.53 Å². The van der Waals surface area contributed by atoms with E-state index in [0.717, 1.165) is 16.3 Å². The van der Waals surface area contributed by atoms with Gasteiger partial charge in [-0.05, 0) is 29.7 Å². The van der Waals surface area contributed by atoms with E-state index in [1.807, 2.05) is 73.7 Å². The smallest absolute Gasteiger partial charge is 0.312 e. The maximum absolute atomic E-state index is 12.5. The lowest BCUT2D eigenvalue weighted by molar-refractivity contribution is -0.139. The Bertz CT molecular complexity index is 850. The first-order valence-corrected chi connectivity index (χ1v) is 10.6. The summed E-state index contributed by atoms with van der Waals surface area (Å²) in [6.07, 6.45) is 0.254. The van der Waals surface area contributed by atoms with Crippen LogP contribution < -0.4 is 10.6 Å². The number of nitrogens with zero attached hydrogens (tertiary/aromatic N) is 1. The monoisotopic (exact) mass is 363 g/mol. The number of carbonyl (C=O) groups excluding carboxylic acids is 1. The highest BCUT2D eigenvalue weighted by atomic mass is 31.2. The second-order valence-electron chi connectivity index (χ2n) is 5.84. The molecule has 0 spiro atoms. The Kier molecular flexibility index (Phi) is 6.04. The van der Waals surface area contributed by atoms with Gasteiger partial charge < -0.3 is 4.74 Å². The molecule has 3 nitrogen and oxygen atoms in total. The van der Waals surface area contributed by atoms with Crippen molar-refractivity contribution in [3.05, 3.63) is 91.0 Å². The minimum atomic E-state index is -2.36. The predicted molar refractivity (Wildman–Crippen MR) is 109 cm³/mol. The molecule has 0 heterocycles. The Balaban J connectivity index is 2.27. The predicted octanol–water partition coefficient (Wildman–Crippen LogP) is 4.73. The number of rotatable bonds is 6. The maximum atomic E-state index is 12.5. The highest BCUT2D eigenvalue weighted by molar-refractivity contribution is 7.81. The molecular weight excluding hydrogens is 341 g/mol. The normalized spacial score (nSPS) is 11.0. The van der Waals surface area contributed by atoms with Crippen LogP contribution in [0.2, 0.25) is 0 Å². The van der Waals surface area contributed by atoms with Crippen LogP contribution in [0, 0.1) is 0 Å². The molecule has 0 aliphatic heterocycles. The molecule has 132 valence electrons. The van der Waals surface area contributed by atoms with Crippen molar-refractivity contribution in [1.82, 2.24) is 0 Å². The van der Waals surface area contributed by atoms with Gasteiger partial charge >= 0.3 is 5.97 Å². The van der Waals surface area contributed by atoms with Gasteiger partial charge in [0.25, 0.3) is 0 Å². The van der Waals surface area contributed by atoms with Gasteiger partial charge in [-0.1, -0.05) is 78.9 Å². The van der Waals surface area contributed by atoms with Crippen LogP contribution in [0.1, 0.15) is 6.92 Å². The number of esters is 1. The highest BCUT2D eigenvalue weighted by Gasteiger charge is 2.28. The molecule has 0 bridgehead atoms. The van der Waals surface area contributed by atoms with Gasteiger partial charge in [0.05, 0.1) is 18.5 Å². The van der Waals surface area contributed by atoms with Gasteiger partial charge in [-0.3, -0.25) is 9.54 Å². The average Bonchev–Trinajstić information content (AvgIpc) is 2.70. The van der Waals surface area contributed by atoms with Gasteiger partial charge in [-0.2, -0.15) is 0 Å². The van der Waals surface area contributed by atoms with Crippen LogP contribution in [-0.4, -0.2) is 18.7 Å². The van der Waals surface area contributed by atoms with Gasteiger partial charge in [-0.15, -0.1) is 0 Å². The summed E-state index contributed by atoms with van der Waals surface area (Å²) in [6, 6.07) is 30.1. The van der Waals surface area contributed by atoms with Crippen LogP contribution in [0.3, 0.4) is 0 Å². The van der Waals surface area contributed by atoms with Gasteiger partial charge in [0.2, 0.25) is 0 Å². The van der Waals surface area contributed by atoms with Gasteiger partial charge in [0, 0.05) is 7.05 Å². The number of benzene rings is 3. The van der Waals surface area contributed by atoms with Crippen LogP contribution >= 0.6 is 7.05 Å². The van der Waals surface area contributed by atoms with E-state index < -0.39 is 7.05 Å².